The zero-order valence-electron chi connectivity index (χ0n) is 21.2. The van der Waals surface area contributed by atoms with E-state index in [4.69, 9.17) is 4.43 Å². The van der Waals surface area contributed by atoms with E-state index in [2.05, 4.69) is 104 Å². The molecule has 35 heavy (non-hydrogen) atoms. The molecular formula is C33H35OSi. The number of rotatable bonds is 4. The summed E-state index contributed by atoms with van der Waals surface area (Å²) in [6.07, 6.45) is 9.57. The third-order valence-electron chi connectivity index (χ3n) is 8.71. The fraction of sp³-hybridized carbons (Fsp3) is 0.394. The van der Waals surface area contributed by atoms with Crippen LogP contribution in [-0.4, -0.2) is 10.5 Å². The van der Waals surface area contributed by atoms with Crippen molar-refractivity contribution < 1.29 is 4.43 Å². The second-order valence-corrected chi connectivity index (χ2v) is 12.3. The number of hydrogen-bond donors (Lipinski definition) is 0. The average molecular weight is 476 g/mol. The molecule has 3 aromatic carbocycles. The predicted octanol–water partition coefficient (Wildman–Crippen LogP) is 8.62. The van der Waals surface area contributed by atoms with Gasteiger partial charge in [0.25, 0.3) is 0 Å². The monoisotopic (exact) mass is 475 g/mol. The van der Waals surface area contributed by atoms with Crippen molar-refractivity contribution in [2.45, 2.75) is 58.3 Å². The lowest BCUT2D eigenvalue weighted by atomic mass is 9.54. The molecule has 2 heteroatoms. The van der Waals surface area contributed by atoms with Crippen LogP contribution in [0.3, 0.4) is 0 Å². The van der Waals surface area contributed by atoms with E-state index in [-0.39, 0.29) is 5.41 Å². The Labute approximate surface area is 214 Å². The maximum atomic E-state index is 6.11. The SMILES string of the molecule is CC(C)(C)c1c(O[Si])c(C=C2C3CC4CC(C3)CC2C4)cc(-c2ccccc2)c1-c1ccccc1. The second kappa shape index (κ2) is 8.82. The van der Waals surface area contributed by atoms with Gasteiger partial charge in [0.1, 0.15) is 5.75 Å². The van der Waals surface area contributed by atoms with Crippen molar-refractivity contribution in [3.8, 4) is 28.0 Å². The van der Waals surface area contributed by atoms with Crippen LogP contribution >= 0.6 is 0 Å². The van der Waals surface area contributed by atoms with Crippen molar-refractivity contribution in [1.29, 1.82) is 0 Å². The minimum absolute atomic E-state index is 0.102. The summed E-state index contributed by atoms with van der Waals surface area (Å²) in [5.74, 6) is 4.43. The van der Waals surface area contributed by atoms with Gasteiger partial charge in [-0.3, -0.25) is 0 Å². The molecule has 0 aliphatic heterocycles. The molecule has 0 unspecified atom stereocenters. The largest absolute Gasteiger partial charge is 0.540 e. The Morgan fingerprint density at radius 2 is 1.31 bits per heavy atom. The van der Waals surface area contributed by atoms with Crippen molar-refractivity contribution in [1.82, 2.24) is 0 Å². The summed E-state index contributed by atoms with van der Waals surface area (Å²) in [5, 5.41) is 0. The number of benzene rings is 3. The van der Waals surface area contributed by atoms with Gasteiger partial charge in [0, 0.05) is 11.1 Å². The van der Waals surface area contributed by atoms with Gasteiger partial charge in [0.2, 0.25) is 0 Å². The van der Waals surface area contributed by atoms with Crippen molar-refractivity contribution in [3.05, 3.63) is 83.4 Å². The van der Waals surface area contributed by atoms with E-state index >= 15 is 0 Å². The molecule has 0 spiro atoms. The summed E-state index contributed by atoms with van der Waals surface area (Å²) < 4.78 is 6.11. The van der Waals surface area contributed by atoms with Gasteiger partial charge in [-0.1, -0.05) is 93.1 Å². The van der Waals surface area contributed by atoms with Gasteiger partial charge in [0.05, 0.1) is 0 Å². The first-order valence-corrected chi connectivity index (χ1v) is 13.7. The molecule has 0 saturated heterocycles. The number of allylic oxidation sites excluding steroid dienone is 1. The van der Waals surface area contributed by atoms with E-state index in [0.29, 0.717) is 0 Å². The molecule has 177 valence electrons. The van der Waals surface area contributed by atoms with Gasteiger partial charge in [-0.15, -0.1) is 0 Å². The Morgan fingerprint density at radius 3 is 1.83 bits per heavy atom. The van der Waals surface area contributed by atoms with Gasteiger partial charge >= 0.3 is 10.5 Å². The molecule has 4 aliphatic carbocycles. The standard InChI is InChI=1S/C33H35OSi/c1-33(2,3)31-30(24-12-8-5-9-13-24)29(23-10-6-4-7-11-23)20-27(32(31)34-35)19-28-25-15-21-14-22(17-25)18-26(28)16-21/h4-13,19-22,25-26H,14-18H2,1-3H3. The van der Waals surface area contributed by atoms with Crippen molar-refractivity contribution in [2.75, 3.05) is 0 Å². The highest BCUT2D eigenvalue weighted by atomic mass is 28.2. The van der Waals surface area contributed by atoms with Crippen molar-refractivity contribution in [3.63, 3.8) is 0 Å². The first-order chi connectivity index (χ1) is 16.9. The van der Waals surface area contributed by atoms with Crippen LogP contribution in [-0.2, 0) is 5.41 Å². The Bertz CT molecular complexity index is 1220. The van der Waals surface area contributed by atoms with Crippen LogP contribution in [0.25, 0.3) is 28.3 Å². The highest BCUT2D eigenvalue weighted by Gasteiger charge is 2.45. The predicted molar refractivity (Wildman–Crippen MR) is 147 cm³/mol. The quantitative estimate of drug-likeness (QED) is 0.343. The second-order valence-electron chi connectivity index (χ2n) is 12.1. The Kier molecular flexibility index (Phi) is 5.76. The molecule has 1 nitrogen and oxygen atoms in total. The molecule has 0 amide bonds. The summed E-state index contributed by atoms with van der Waals surface area (Å²) >= 11 is 0. The molecule has 0 aromatic heterocycles. The molecule has 3 aromatic rings. The third-order valence-corrected chi connectivity index (χ3v) is 8.91. The van der Waals surface area contributed by atoms with Crippen molar-refractivity contribution >= 4 is 16.6 Å². The lowest BCUT2D eigenvalue weighted by Crippen LogP contribution is -2.40. The zero-order valence-corrected chi connectivity index (χ0v) is 22.2. The maximum absolute atomic E-state index is 6.11. The molecule has 0 atom stereocenters. The van der Waals surface area contributed by atoms with Crippen LogP contribution in [0.15, 0.2) is 72.3 Å². The molecule has 4 bridgehead atoms. The van der Waals surface area contributed by atoms with Crippen LogP contribution in [0.5, 0.6) is 5.75 Å². The molecule has 4 aliphatic rings. The molecule has 3 radical (unpaired) electrons. The van der Waals surface area contributed by atoms with Crippen LogP contribution in [0.2, 0.25) is 0 Å². The highest BCUT2D eigenvalue weighted by Crippen LogP contribution is 2.57. The Hall–Kier alpha value is -2.58. The minimum atomic E-state index is -0.102. The van der Waals surface area contributed by atoms with Gasteiger partial charge in [-0.05, 0) is 89.5 Å². The molecular weight excluding hydrogens is 440 g/mol. The lowest BCUT2D eigenvalue weighted by molar-refractivity contribution is 0.0710. The molecule has 7 rings (SSSR count). The Morgan fingerprint density at radius 1 is 0.771 bits per heavy atom. The fourth-order valence-electron chi connectivity index (χ4n) is 7.51. The summed E-state index contributed by atoms with van der Waals surface area (Å²) in [7, 11) is 3.51. The van der Waals surface area contributed by atoms with E-state index in [0.717, 1.165) is 29.4 Å². The third kappa shape index (κ3) is 4.10. The molecule has 4 fully saturated rings. The van der Waals surface area contributed by atoms with Crippen LogP contribution in [0, 0.1) is 23.7 Å². The summed E-state index contributed by atoms with van der Waals surface area (Å²) in [4.78, 5) is 0. The summed E-state index contributed by atoms with van der Waals surface area (Å²) in [6.45, 7) is 6.91. The maximum Gasteiger partial charge on any atom is 0.341 e. The number of hydrogen-bond acceptors (Lipinski definition) is 1. The van der Waals surface area contributed by atoms with Gasteiger partial charge < -0.3 is 4.43 Å². The van der Waals surface area contributed by atoms with E-state index in [1.807, 2.05) is 0 Å². The van der Waals surface area contributed by atoms with Gasteiger partial charge in [-0.2, -0.15) is 0 Å². The minimum Gasteiger partial charge on any atom is -0.540 e. The van der Waals surface area contributed by atoms with Crippen LogP contribution in [0.1, 0.15) is 64.0 Å². The van der Waals surface area contributed by atoms with E-state index in [1.54, 1.807) is 5.57 Å². The van der Waals surface area contributed by atoms with Crippen LogP contribution in [0.4, 0.5) is 0 Å². The van der Waals surface area contributed by atoms with Crippen LogP contribution < -0.4 is 4.43 Å². The molecule has 0 heterocycles. The topological polar surface area (TPSA) is 9.23 Å². The first-order valence-electron chi connectivity index (χ1n) is 13.3. The van der Waals surface area contributed by atoms with Gasteiger partial charge in [0.15, 0.2) is 0 Å². The van der Waals surface area contributed by atoms with E-state index in [9.17, 15) is 0 Å². The fourth-order valence-corrected chi connectivity index (χ4v) is 7.73. The smallest absolute Gasteiger partial charge is 0.341 e. The zero-order chi connectivity index (χ0) is 24.2. The first kappa shape index (κ1) is 22.9. The Balaban J connectivity index is 1.62. The van der Waals surface area contributed by atoms with E-state index in [1.165, 1.54) is 65.5 Å². The highest BCUT2D eigenvalue weighted by molar-refractivity contribution is 6.01. The van der Waals surface area contributed by atoms with Gasteiger partial charge in [-0.25, -0.2) is 0 Å². The normalized spacial score (nSPS) is 25.1. The average Bonchev–Trinajstić information content (AvgIpc) is 2.85. The summed E-state index contributed by atoms with van der Waals surface area (Å²) in [6, 6.07) is 24.1. The van der Waals surface area contributed by atoms with E-state index < -0.39 is 0 Å². The lowest BCUT2D eigenvalue weighted by Gasteiger charge is -2.51. The molecule has 0 N–H and O–H groups in total. The molecule has 4 saturated carbocycles. The summed E-state index contributed by atoms with van der Waals surface area (Å²) in [5.41, 5.74) is 9.09. The van der Waals surface area contributed by atoms with Crippen molar-refractivity contribution in [2.24, 2.45) is 23.7 Å².